The Bertz CT molecular complexity index is 781. The van der Waals surface area contributed by atoms with Gasteiger partial charge in [0.25, 0.3) is 5.91 Å². The largest absolute Gasteiger partial charge is 0.463 e. The van der Waals surface area contributed by atoms with Gasteiger partial charge in [-0.25, -0.2) is 4.98 Å². The van der Waals surface area contributed by atoms with Crippen LogP contribution >= 0.6 is 27.3 Å². The van der Waals surface area contributed by atoms with Gasteiger partial charge in [0.05, 0.1) is 11.8 Å². The molecule has 0 aliphatic rings. The lowest BCUT2D eigenvalue weighted by molar-refractivity contribution is 0.102. The van der Waals surface area contributed by atoms with E-state index >= 15 is 0 Å². The van der Waals surface area contributed by atoms with Crippen molar-refractivity contribution in [1.82, 2.24) is 4.98 Å². The van der Waals surface area contributed by atoms with Gasteiger partial charge >= 0.3 is 0 Å². The smallest absolute Gasteiger partial charge is 0.258 e. The zero-order valence-corrected chi connectivity index (χ0v) is 13.5. The van der Waals surface area contributed by atoms with Crippen LogP contribution < -0.4 is 5.32 Å². The van der Waals surface area contributed by atoms with Gasteiger partial charge in [0.15, 0.2) is 10.9 Å². The molecule has 0 unspecified atom stereocenters. The minimum absolute atomic E-state index is 0.189. The lowest BCUT2D eigenvalue weighted by atomic mass is 10.1. The van der Waals surface area contributed by atoms with Crippen molar-refractivity contribution in [3.05, 3.63) is 57.6 Å². The summed E-state index contributed by atoms with van der Waals surface area (Å²) in [5.41, 5.74) is 2.33. The number of rotatable bonds is 3. The highest BCUT2D eigenvalue weighted by molar-refractivity contribution is 9.10. The van der Waals surface area contributed by atoms with Crippen LogP contribution in [0.4, 0.5) is 5.13 Å². The van der Waals surface area contributed by atoms with Gasteiger partial charge in [-0.15, -0.1) is 11.3 Å². The fourth-order valence-corrected chi connectivity index (χ4v) is 2.97. The molecular formula is C15H11BrN2O2S. The summed E-state index contributed by atoms with van der Waals surface area (Å²) in [5.74, 6) is 0.495. The molecule has 4 nitrogen and oxygen atoms in total. The SMILES string of the molecule is Cc1ccc(Br)c(C(=O)Nc2nc(-c3ccco3)cs2)c1. The van der Waals surface area contributed by atoms with E-state index in [9.17, 15) is 4.79 Å². The minimum Gasteiger partial charge on any atom is -0.463 e. The summed E-state index contributed by atoms with van der Waals surface area (Å²) in [6.45, 7) is 1.95. The first-order valence-corrected chi connectivity index (χ1v) is 7.87. The van der Waals surface area contributed by atoms with Crippen LogP contribution in [-0.2, 0) is 0 Å². The Morgan fingerprint density at radius 1 is 1.38 bits per heavy atom. The molecule has 1 N–H and O–H groups in total. The first-order chi connectivity index (χ1) is 10.1. The van der Waals surface area contributed by atoms with Crippen LogP contribution in [0.2, 0.25) is 0 Å². The molecular weight excluding hydrogens is 352 g/mol. The van der Waals surface area contributed by atoms with E-state index in [2.05, 4.69) is 26.2 Å². The van der Waals surface area contributed by atoms with E-state index in [0.717, 1.165) is 10.0 Å². The van der Waals surface area contributed by atoms with E-state index < -0.39 is 0 Å². The third kappa shape index (κ3) is 3.06. The maximum atomic E-state index is 12.3. The summed E-state index contributed by atoms with van der Waals surface area (Å²) >= 11 is 4.75. The maximum Gasteiger partial charge on any atom is 0.258 e. The van der Waals surface area contributed by atoms with Crippen LogP contribution in [0.1, 0.15) is 15.9 Å². The van der Waals surface area contributed by atoms with Crippen LogP contribution in [0, 0.1) is 6.92 Å². The van der Waals surface area contributed by atoms with Crippen LogP contribution in [0.3, 0.4) is 0 Å². The van der Waals surface area contributed by atoms with Crippen molar-refractivity contribution in [2.75, 3.05) is 5.32 Å². The predicted octanol–water partition coefficient (Wildman–Crippen LogP) is 4.73. The predicted molar refractivity (Wildman–Crippen MR) is 86.6 cm³/mol. The van der Waals surface area contributed by atoms with Gasteiger partial charge in [-0.05, 0) is 47.1 Å². The zero-order valence-electron chi connectivity index (χ0n) is 11.1. The van der Waals surface area contributed by atoms with Crippen molar-refractivity contribution in [2.45, 2.75) is 6.92 Å². The molecule has 0 spiro atoms. The Hall–Kier alpha value is -1.92. The van der Waals surface area contributed by atoms with Gasteiger partial charge < -0.3 is 4.42 Å². The molecule has 0 saturated carbocycles. The number of hydrogen-bond acceptors (Lipinski definition) is 4. The van der Waals surface area contributed by atoms with Gasteiger partial charge in [0.2, 0.25) is 0 Å². The van der Waals surface area contributed by atoms with Gasteiger partial charge in [0, 0.05) is 9.85 Å². The topological polar surface area (TPSA) is 55.1 Å². The normalized spacial score (nSPS) is 10.6. The highest BCUT2D eigenvalue weighted by Gasteiger charge is 2.13. The van der Waals surface area contributed by atoms with E-state index in [1.807, 2.05) is 36.6 Å². The quantitative estimate of drug-likeness (QED) is 0.732. The van der Waals surface area contributed by atoms with Crippen molar-refractivity contribution in [3.8, 4) is 11.5 Å². The molecule has 0 aliphatic carbocycles. The number of nitrogens with zero attached hydrogens (tertiary/aromatic N) is 1. The first-order valence-electron chi connectivity index (χ1n) is 6.20. The lowest BCUT2D eigenvalue weighted by Gasteiger charge is -2.05. The number of furan rings is 1. The van der Waals surface area contributed by atoms with Crippen molar-refractivity contribution in [1.29, 1.82) is 0 Å². The number of thiazole rings is 1. The van der Waals surface area contributed by atoms with E-state index in [-0.39, 0.29) is 5.91 Å². The van der Waals surface area contributed by atoms with Crippen molar-refractivity contribution >= 4 is 38.3 Å². The second-order valence-electron chi connectivity index (χ2n) is 4.45. The van der Waals surface area contributed by atoms with Crippen molar-refractivity contribution < 1.29 is 9.21 Å². The van der Waals surface area contributed by atoms with Gasteiger partial charge in [-0.1, -0.05) is 11.6 Å². The molecule has 0 aliphatic heterocycles. The van der Waals surface area contributed by atoms with Crippen molar-refractivity contribution in [2.24, 2.45) is 0 Å². The number of hydrogen-bond donors (Lipinski definition) is 1. The third-order valence-electron chi connectivity index (χ3n) is 2.86. The fraction of sp³-hybridized carbons (Fsp3) is 0.0667. The average molecular weight is 363 g/mol. The zero-order chi connectivity index (χ0) is 14.8. The number of aryl methyl sites for hydroxylation is 1. The Labute approximate surface area is 134 Å². The van der Waals surface area contributed by atoms with E-state index in [0.29, 0.717) is 22.1 Å². The molecule has 21 heavy (non-hydrogen) atoms. The second kappa shape index (κ2) is 5.83. The Kier molecular flexibility index (Phi) is 3.90. The number of aromatic nitrogens is 1. The molecule has 0 atom stereocenters. The molecule has 0 saturated heterocycles. The number of nitrogens with one attached hydrogen (secondary N) is 1. The molecule has 2 aromatic heterocycles. The Morgan fingerprint density at radius 2 is 2.24 bits per heavy atom. The summed E-state index contributed by atoms with van der Waals surface area (Å²) in [4.78, 5) is 16.6. The molecule has 106 valence electrons. The number of anilines is 1. The Morgan fingerprint density at radius 3 is 3.00 bits per heavy atom. The molecule has 1 aromatic carbocycles. The molecule has 6 heteroatoms. The summed E-state index contributed by atoms with van der Waals surface area (Å²) in [7, 11) is 0. The van der Waals surface area contributed by atoms with Crippen LogP contribution in [0.5, 0.6) is 0 Å². The summed E-state index contributed by atoms with van der Waals surface area (Å²) in [6.07, 6.45) is 1.59. The van der Waals surface area contributed by atoms with Crippen LogP contribution in [-0.4, -0.2) is 10.9 Å². The fourth-order valence-electron chi connectivity index (χ4n) is 1.85. The molecule has 1 amide bonds. The number of halogens is 1. The lowest BCUT2D eigenvalue weighted by Crippen LogP contribution is -2.12. The standard InChI is InChI=1S/C15H11BrN2O2S/c1-9-4-5-11(16)10(7-9)14(19)18-15-17-12(8-21-15)13-3-2-6-20-13/h2-8H,1H3,(H,17,18,19). The highest BCUT2D eigenvalue weighted by Crippen LogP contribution is 2.26. The molecule has 0 bridgehead atoms. The van der Waals surface area contributed by atoms with E-state index in [1.54, 1.807) is 12.3 Å². The molecule has 3 aromatic rings. The van der Waals surface area contributed by atoms with Gasteiger partial charge in [-0.3, -0.25) is 10.1 Å². The molecule has 2 heterocycles. The monoisotopic (exact) mass is 362 g/mol. The van der Waals surface area contributed by atoms with Crippen LogP contribution in [0.25, 0.3) is 11.5 Å². The first kappa shape index (κ1) is 14.0. The third-order valence-corrected chi connectivity index (χ3v) is 4.31. The van der Waals surface area contributed by atoms with Gasteiger partial charge in [-0.2, -0.15) is 0 Å². The average Bonchev–Trinajstić information content (AvgIpc) is 3.11. The number of benzene rings is 1. The summed E-state index contributed by atoms with van der Waals surface area (Å²) in [5, 5.41) is 5.19. The molecule has 0 radical (unpaired) electrons. The van der Waals surface area contributed by atoms with E-state index in [4.69, 9.17) is 4.42 Å². The number of carbonyl (C=O) groups is 1. The minimum atomic E-state index is -0.189. The summed E-state index contributed by atoms with van der Waals surface area (Å²) in [6, 6.07) is 9.27. The summed E-state index contributed by atoms with van der Waals surface area (Å²) < 4.78 is 6.04. The van der Waals surface area contributed by atoms with Gasteiger partial charge in [0.1, 0.15) is 5.69 Å². The van der Waals surface area contributed by atoms with E-state index in [1.165, 1.54) is 11.3 Å². The second-order valence-corrected chi connectivity index (χ2v) is 6.17. The highest BCUT2D eigenvalue weighted by atomic mass is 79.9. The molecule has 0 fully saturated rings. The number of amides is 1. The van der Waals surface area contributed by atoms with Crippen molar-refractivity contribution in [3.63, 3.8) is 0 Å². The maximum absolute atomic E-state index is 12.3. The number of carbonyl (C=O) groups excluding carboxylic acids is 1. The molecule has 3 rings (SSSR count). The van der Waals surface area contributed by atoms with Crippen LogP contribution in [0.15, 0.2) is 50.9 Å². The Balaban J connectivity index is 1.80.